The molecule has 6 heteroatoms. The van der Waals surface area contributed by atoms with Crippen LogP contribution in [-0.2, 0) is 13.0 Å². The van der Waals surface area contributed by atoms with Crippen LogP contribution in [0.1, 0.15) is 21.5 Å². The van der Waals surface area contributed by atoms with E-state index < -0.39 is 5.97 Å². The minimum Gasteiger partial charge on any atom is -0.478 e. The van der Waals surface area contributed by atoms with Crippen LogP contribution in [0, 0.1) is 0 Å². The van der Waals surface area contributed by atoms with Crippen LogP contribution in [0.25, 0.3) is 0 Å². The van der Waals surface area contributed by atoms with E-state index in [1.54, 1.807) is 0 Å². The third-order valence-electron chi connectivity index (χ3n) is 2.51. The molecule has 16 heavy (non-hydrogen) atoms. The molecule has 1 aliphatic rings. The van der Waals surface area contributed by atoms with Gasteiger partial charge in [0.2, 0.25) is 0 Å². The van der Waals surface area contributed by atoms with Crippen molar-refractivity contribution >= 4 is 41.6 Å². The molecule has 0 aromatic heterocycles. The van der Waals surface area contributed by atoms with Gasteiger partial charge in [-0.2, -0.15) is 0 Å². The molecule has 0 radical (unpaired) electrons. The maximum absolute atomic E-state index is 11.0. The molecule has 0 bridgehead atoms. The second kappa shape index (κ2) is 5.23. The number of benzene rings is 1. The fraction of sp³-hybridized carbons (Fsp3) is 0.300. The molecule has 1 aromatic rings. The number of hydrogen-bond acceptors (Lipinski definition) is 2. The largest absolute Gasteiger partial charge is 0.478 e. The van der Waals surface area contributed by atoms with Gasteiger partial charge in [-0.3, -0.25) is 0 Å². The average Bonchev–Trinajstić information content (AvgIpc) is 2.17. The van der Waals surface area contributed by atoms with E-state index in [4.69, 9.17) is 28.3 Å². The van der Waals surface area contributed by atoms with Gasteiger partial charge >= 0.3 is 5.97 Å². The summed E-state index contributed by atoms with van der Waals surface area (Å²) in [7, 11) is 0. The van der Waals surface area contributed by atoms with Crippen molar-refractivity contribution in [2.24, 2.45) is 0 Å². The number of carboxylic acids is 1. The highest BCUT2D eigenvalue weighted by atomic mass is 35.5. The topological polar surface area (TPSA) is 49.3 Å². The molecule has 2 N–H and O–H groups in total. The van der Waals surface area contributed by atoms with Crippen molar-refractivity contribution in [1.29, 1.82) is 0 Å². The lowest BCUT2D eigenvalue weighted by molar-refractivity contribution is 0.0695. The number of nitrogens with one attached hydrogen (secondary N) is 1. The number of rotatable bonds is 1. The van der Waals surface area contributed by atoms with Gasteiger partial charge in [0.25, 0.3) is 0 Å². The lowest BCUT2D eigenvalue weighted by Gasteiger charge is -2.21. The van der Waals surface area contributed by atoms with Crippen molar-refractivity contribution in [3.05, 3.63) is 32.8 Å². The Bertz CT molecular complexity index is 435. The van der Waals surface area contributed by atoms with Crippen molar-refractivity contribution in [2.75, 3.05) is 6.54 Å². The maximum atomic E-state index is 11.0. The van der Waals surface area contributed by atoms with E-state index in [0.29, 0.717) is 17.1 Å². The zero-order chi connectivity index (χ0) is 11.0. The molecular weight excluding hydrogens is 272 g/mol. The molecule has 0 atom stereocenters. The van der Waals surface area contributed by atoms with Gasteiger partial charge in [-0.15, -0.1) is 12.4 Å². The van der Waals surface area contributed by atoms with E-state index in [-0.39, 0.29) is 23.0 Å². The number of hydrogen-bond donors (Lipinski definition) is 2. The molecule has 0 amide bonds. The van der Waals surface area contributed by atoms with E-state index in [2.05, 4.69) is 5.32 Å². The number of aromatic carboxylic acids is 1. The Hall–Kier alpha value is -0.480. The molecule has 88 valence electrons. The van der Waals surface area contributed by atoms with Gasteiger partial charge < -0.3 is 10.4 Å². The molecule has 0 aliphatic carbocycles. The number of halogens is 3. The fourth-order valence-corrected chi connectivity index (χ4v) is 2.51. The van der Waals surface area contributed by atoms with Gasteiger partial charge in [-0.05, 0) is 30.2 Å². The minimum absolute atomic E-state index is 0. The highest BCUT2D eigenvalue weighted by Crippen LogP contribution is 2.32. The molecular formula is C10H10Cl3NO2. The molecule has 2 rings (SSSR count). The predicted molar refractivity (Wildman–Crippen MR) is 66.1 cm³/mol. The molecule has 1 heterocycles. The molecule has 1 aromatic carbocycles. The summed E-state index contributed by atoms with van der Waals surface area (Å²) in [5.74, 6) is -1.00. The summed E-state index contributed by atoms with van der Waals surface area (Å²) in [4.78, 5) is 11.0. The lowest BCUT2D eigenvalue weighted by Crippen LogP contribution is -2.26. The van der Waals surface area contributed by atoms with Crippen LogP contribution in [0.3, 0.4) is 0 Å². The highest BCUT2D eigenvalue weighted by Gasteiger charge is 2.22. The first-order valence-corrected chi connectivity index (χ1v) is 5.30. The van der Waals surface area contributed by atoms with E-state index in [1.165, 1.54) is 6.07 Å². The first-order chi connectivity index (χ1) is 7.11. The molecule has 1 aliphatic heterocycles. The average molecular weight is 283 g/mol. The quantitative estimate of drug-likeness (QED) is 0.833. The van der Waals surface area contributed by atoms with Crippen LogP contribution in [0.4, 0.5) is 0 Å². The molecule has 0 saturated carbocycles. The van der Waals surface area contributed by atoms with Crippen LogP contribution in [0.5, 0.6) is 0 Å². The molecule has 0 spiro atoms. The fourth-order valence-electron chi connectivity index (χ4n) is 1.83. The van der Waals surface area contributed by atoms with Crippen LogP contribution >= 0.6 is 35.6 Å². The van der Waals surface area contributed by atoms with Gasteiger partial charge in [0.15, 0.2) is 0 Å². The monoisotopic (exact) mass is 281 g/mol. The van der Waals surface area contributed by atoms with Gasteiger partial charge in [-0.1, -0.05) is 23.2 Å². The van der Waals surface area contributed by atoms with E-state index in [0.717, 1.165) is 18.5 Å². The summed E-state index contributed by atoms with van der Waals surface area (Å²) in [6, 6.07) is 1.51. The summed E-state index contributed by atoms with van der Waals surface area (Å²) >= 11 is 11.9. The first-order valence-electron chi connectivity index (χ1n) is 4.55. The van der Waals surface area contributed by atoms with Crippen molar-refractivity contribution in [2.45, 2.75) is 13.0 Å². The maximum Gasteiger partial charge on any atom is 0.337 e. The highest BCUT2D eigenvalue weighted by molar-refractivity contribution is 6.37. The van der Waals surface area contributed by atoms with Crippen LogP contribution < -0.4 is 5.32 Å². The summed E-state index contributed by atoms with van der Waals surface area (Å²) in [5, 5.41) is 12.9. The van der Waals surface area contributed by atoms with Crippen molar-refractivity contribution in [3.63, 3.8) is 0 Å². The minimum atomic E-state index is -1.00. The Labute approximate surface area is 109 Å². The Balaban J connectivity index is 0.00000128. The zero-order valence-corrected chi connectivity index (χ0v) is 10.5. The molecule has 0 saturated heterocycles. The number of carbonyl (C=O) groups is 1. The Morgan fingerprint density at radius 3 is 2.62 bits per heavy atom. The lowest BCUT2D eigenvalue weighted by atomic mass is 9.96. The third kappa shape index (κ3) is 2.28. The van der Waals surface area contributed by atoms with Gasteiger partial charge in [0.05, 0.1) is 10.6 Å². The Morgan fingerprint density at radius 1 is 1.31 bits per heavy atom. The van der Waals surface area contributed by atoms with E-state index >= 15 is 0 Å². The van der Waals surface area contributed by atoms with E-state index in [9.17, 15) is 4.79 Å². The van der Waals surface area contributed by atoms with E-state index in [1.807, 2.05) is 0 Å². The molecule has 3 nitrogen and oxygen atoms in total. The van der Waals surface area contributed by atoms with Crippen LogP contribution in [0.2, 0.25) is 10.0 Å². The summed E-state index contributed by atoms with van der Waals surface area (Å²) < 4.78 is 0. The third-order valence-corrected chi connectivity index (χ3v) is 3.15. The second-order valence-corrected chi connectivity index (χ2v) is 4.22. The first kappa shape index (κ1) is 13.6. The van der Waals surface area contributed by atoms with Gasteiger partial charge in [0, 0.05) is 11.6 Å². The van der Waals surface area contributed by atoms with Crippen molar-refractivity contribution < 1.29 is 9.90 Å². The predicted octanol–water partition coefficient (Wildman–Crippen LogP) is 2.76. The summed E-state index contributed by atoms with van der Waals surface area (Å²) in [6.07, 6.45) is 0.742. The zero-order valence-electron chi connectivity index (χ0n) is 8.22. The summed E-state index contributed by atoms with van der Waals surface area (Å²) in [5.41, 5.74) is 1.78. The number of fused-ring (bicyclic) bond motifs is 1. The summed E-state index contributed by atoms with van der Waals surface area (Å²) in [6.45, 7) is 1.32. The van der Waals surface area contributed by atoms with Crippen LogP contribution in [0.15, 0.2) is 6.07 Å². The Kier molecular flexibility index (Phi) is 4.44. The smallest absolute Gasteiger partial charge is 0.337 e. The SMILES string of the molecule is Cl.O=C(O)c1c(Cl)cc(Cl)c2c1CNCC2. The Morgan fingerprint density at radius 2 is 2.00 bits per heavy atom. The van der Waals surface area contributed by atoms with Gasteiger partial charge in [0.1, 0.15) is 0 Å². The second-order valence-electron chi connectivity index (χ2n) is 3.40. The molecule has 0 fully saturated rings. The van der Waals surface area contributed by atoms with Crippen LogP contribution in [-0.4, -0.2) is 17.6 Å². The number of carboxylic acid groups (broad SMARTS) is 1. The van der Waals surface area contributed by atoms with Gasteiger partial charge in [-0.25, -0.2) is 4.79 Å². The normalized spacial score (nSPS) is 13.9. The van der Waals surface area contributed by atoms with Crippen molar-refractivity contribution in [1.82, 2.24) is 5.32 Å². The van der Waals surface area contributed by atoms with Crippen molar-refractivity contribution in [3.8, 4) is 0 Å². The molecule has 0 unspecified atom stereocenters. The standard InChI is InChI=1S/C10H9Cl2NO2.ClH/c11-7-3-8(12)9(10(14)15)6-4-13-2-1-5(6)7;/h3,13H,1-2,4H2,(H,14,15);1H.